The van der Waals surface area contributed by atoms with Crippen LogP contribution in [0.1, 0.15) is 25.7 Å². The monoisotopic (exact) mass is 293 g/mol. The van der Waals surface area contributed by atoms with Gasteiger partial charge in [-0.3, -0.25) is 0 Å². The van der Waals surface area contributed by atoms with Crippen LogP contribution in [0.4, 0.5) is 0 Å². The van der Waals surface area contributed by atoms with E-state index in [-0.39, 0.29) is 6.61 Å². The van der Waals surface area contributed by atoms with Crippen molar-refractivity contribution in [2.24, 2.45) is 5.73 Å². The zero-order chi connectivity index (χ0) is 15.1. The highest BCUT2D eigenvalue weighted by molar-refractivity contribution is 5.73. The first kappa shape index (κ1) is 17.3. The summed E-state index contributed by atoms with van der Waals surface area (Å²) in [5.74, 6) is -1.42. The van der Waals surface area contributed by atoms with E-state index in [1.54, 1.807) is 0 Å². The number of aliphatic hydroxyl groups excluding tert-OH is 3. The van der Waals surface area contributed by atoms with Gasteiger partial charge < -0.3 is 35.6 Å². The van der Waals surface area contributed by atoms with E-state index in [9.17, 15) is 20.1 Å². The summed E-state index contributed by atoms with van der Waals surface area (Å²) in [6.07, 6.45) is -4.17. The molecule has 8 heteroatoms. The SMILES string of the molecule is NCCCCCCO[C@@H]1O[C@H](C(=O)O)[C@@H](O)[C@H](O)[C@H]1O. The van der Waals surface area contributed by atoms with E-state index in [0.29, 0.717) is 13.0 Å². The van der Waals surface area contributed by atoms with E-state index in [1.165, 1.54) is 0 Å². The lowest BCUT2D eigenvalue weighted by atomic mass is 9.99. The van der Waals surface area contributed by atoms with Crippen LogP contribution < -0.4 is 5.73 Å². The van der Waals surface area contributed by atoms with Crippen LogP contribution in [0.5, 0.6) is 0 Å². The zero-order valence-electron chi connectivity index (χ0n) is 11.2. The Bertz CT molecular complexity index is 302. The predicted molar refractivity (Wildman–Crippen MR) is 67.8 cm³/mol. The van der Waals surface area contributed by atoms with Gasteiger partial charge in [0.05, 0.1) is 0 Å². The fraction of sp³-hybridized carbons (Fsp3) is 0.917. The average molecular weight is 293 g/mol. The van der Waals surface area contributed by atoms with Crippen molar-refractivity contribution in [1.29, 1.82) is 0 Å². The molecule has 0 aromatic carbocycles. The third-order valence-electron chi connectivity index (χ3n) is 3.19. The highest BCUT2D eigenvalue weighted by Gasteiger charge is 2.47. The molecular weight excluding hydrogens is 270 g/mol. The number of aliphatic hydroxyl groups is 3. The van der Waals surface area contributed by atoms with Crippen molar-refractivity contribution in [2.45, 2.75) is 56.4 Å². The molecule has 0 aromatic rings. The quantitative estimate of drug-likeness (QED) is 0.337. The molecule has 0 bridgehead atoms. The maximum absolute atomic E-state index is 10.9. The summed E-state index contributed by atoms with van der Waals surface area (Å²) < 4.78 is 10.2. The van der Waals surface area contributed by atoms with E-state index in [2.05, 4.69) is 0 Å². The molecule has 0 aromatic heterocycles. The second kappa shape index (κ2) is 8.50. The molecule has 118 valence electrons. The van der Waals surface area contributed by atoms with E-state index in [1.807, 2.05) is 0 Å². The first-order valence-corrected chi connectivity index (χ1v) is 6.73. The highest BCUT2D eigenvalue weighted by atomic mass is 16.7. The summed E-state index contributed by atoms with van der Waals surface area (Å²) in [5.41, 5.74) is 5.36. The number of carboxylic acid groups (broad SMARTS) is 1. The van der Waals surface area contributed by atoms with Crippen molar-refractivity contribution in [3.8, 4) is 0 Å². The normalized spacial score (nSPS) is 34.1. The molecule has 8 nitrogen and oxygen atoms in total. The summed E-state index contributed by atoms with van der Waals surface area (Å²) in [5, 5.41) is 37.6. The van der Waals surface area contributed by atoms with Crippen LogP contribution in [0.3, 0.4) is 0 Å². The van der Waals surface area contributed by atoms with Gasteiger partial charge in [0.15, 0.2) is 12.4 Å². The molecule has 20 heavy (non-hydrogen) atoms. The third kappa shape index (κ3) is 4.65. The fourth-order valence-corrected chi connectivity index (χ4v) is 1.99. The highest BCUT2D eigenvalue weighted by Crippen LogP contribution is 2.22. The largest absolute Gasteiger partial charge is 0.479 e. The molecule has 0 amide bonds. The van der Waals surface area contributed by atoms with Crippen LogP contribution in [-0.4, -0.2) is 70.3 Å². The van der Waals surface area contributed by atoms with Crippen molar-refractivity contribution in [3.05, 3.63) is 0 Å². The molecule has 1 heterocycles. The minimum absolute atomic E-state index is 0.265. The van der Waals surface area contributed by atoms with Crippen LogP contribution in [0.2, 0.25) is 0 Å². The maximum atomic E-state index is 10.9. The Hall–Kier alpha value is -0.770. The molecule has 1 fully saturated rings. The van der Waals surface area contributed by atoms with E-state index in [0.717, 1.165) is 19.3 Å². The number of hydrogen-bond donors (Lipinski definition) is 5. The fourth-order valence-electron chi connectivity index (χ4n) is 1.99. The van der Waals surface area contributed by atoms with Crippen LogP contribution in [0.15, 0.2) is 0 Å². The lowest BCUT2D eigenvalue weighted by Gasteiger charge is -2.38. The Morgan fingerprint density at radius 1 is 1.05 bits per heavy atom. The van der Waals surface area contributed by atoms with Gasteiger partial charge in [0.25, 0.3) is 0 Å². The summed E-state index contributed by atoms with van der Waals surface area (Å²) >= 11 is 0. The minimum atomic E-state index is -1.69. The first-order chi connectivity index (χ1) is 9.49. The molecule has 0 unspecified atom stereocenters. The molecule has 1 aliphatic heterocycles. The van der Waals surface area contributed by atoms with Crippen molar-refractivity contribution in [2.75, 3.05) is 13.2 Å². The molecule has 0 spiro atoms. The number of ether oxygens (including phenoxy) is 2. The van der Waals surface area contributed by atoms with Gasteiger partial charge in [0.1, 0.15) is 18.3 Å². The van der Waals surface area contributed by atoms with Crippen LogP contribution in [0, 0.1) is 0 Å². The summed E-state index contributed by atoms with van der Waals surface area (Å²) in [7, 11) is 0. The van der Waals surface area contributed by atoms with Gasteiger partial charge in [-0.05, 0) is 19.4 Å². The van der Waals surface area contributed by atoms with Crippen molar-refractivity contribution >= 4 is 5.97 Å². The number of nitrogens with two attached hydrogens (primary N) is 1. The number of carboxylic acids is 1. The van der Waals surface area contributed by atoms with E-state index >= 15 is 0 Å². The average Bonchev–Trinajstić information content (AvgIpc) is 2.42. The lowest BCUT2D eigenvalue weighted by Crippen LogP contribution is -2.60. The number of carbonyl (C=O) groups is 1. The predicted octanol–water partition coefficient (Wildman–Crippen LogP) is -1.59. The minimum Gasteiger partial charge on any atom is -0.479 e. The Balaban J connectivity index is 2.38. The van der Waals surface area contributed by atoms with Gasteiger partial charge in [0.2, 0.25) is 0 Å². The Labute approximate surface area is 117 Å². The Morgan fingerprint density at radius 3 is 2.30 bits per heavy atom. The number of aliphatic carboxylic acids is 1. The smallest absolute Gasteiger partial charge is 0.335 e. The first-order valence-electron chi connectivity index (χ1n) is 6.73. The lowest BCUT2D eigenvalue weighted by molar-refractivity contribution is -0.294. The van der Waals surface area contributed by atoms with Crippen molar-refractivity contribution in [3.63, 3.8) is 0 Å². The van der Waals surface area contributed by atoms with Crippen LogP contribution >= 0.6 is 0 Å². The molecule has 5 atom stereocenters. The van der Waals surface area contributed by atoms with Gasteiger partial charge in [-0.2, -0.15) is 0 Å². The Kier molecular flexibility index (Phi) is 7.35. The molecule has 0 aliphatic carbocycles. The van der Waals surface area contributed by atoms with Crippen LogP contribution in [0.25, 0.3) is 0 Å². The van der Waals surface area contributed by atoms with Gasteiger partial charge in [-0.1, -0.05) is 12.8 Å². The van der Waals surface area contributed by atoms with Crippen molar-refractivity contribution < 1.29 is 34.7 Å². The standard InChI is InChI=1S/C12H23NO7/c13-5-3-1-2-4-6-19-12-9(16)7(14)8(15)10(20-12)11(17)18/h7-10,12,14-16H,1-6,13H2,(H,17,18)/t7-,8-,9+,10-,12+/m0/s1. The third-order valence-corrected chi connectivity index (χ3v) is 3.19. The maximum Gasteiger partial charge on any atom is 0.335 e. The van der Waals surface area contributed by atoms with Gasteiger partial charge in [0, 0.05) is 6.61 Å². The molecule has 1 aliphatic rings. The van der Waals surface area contributed by atoms with Crippen LogP contribution in [-0.2, 0) is 14.3 Å². The second-order valence-corrected chi connectivity index (χ2v) is 4.81. The second-order valence-electron chi connectivity index (χ2n) is 4.81. The topological polar surface area (TPSA) is 142 Å². The Morgan fingerprint density at radius 2 is 1.70 bits per heavy atom. The number of hydrogen-bond acceptors (Lipinski definition) is 7. The summed E-state index contributed by atoms with van der Waals surface area (Å²) in [6, 6.07) is 0. The summed E-state index contributed by atoms with van der Waals surface area (Å²) in [4.78, 5) is 10.9. The van der Waals surface area contributed by atoms with Gasteiger partial charge >= 0.3 is 5.97 Å². The van der Waals surface area contributed by atoms with Gasteiger partial charge in [-0.15, -0.1) is 0 Å². The molecule has 1 rings (SSSR count). The van der Waals surface area contributed by atoms with E-state index in [4.69, 9.17) is 20.3 Å². The van der Waals surface area contributed by atoms with Crippen molar-refractivity contribution in [1.82, 2.24) is 0 Å². The molecule has 0 saturated carbocycles. The molecular formula is C12H23NO7. The number of rotatable bonds is 8. The van der Waals surface area contributed by atoms with E-state index < -0.39 is 36.7 Å². The summed E-state index contributed by atoms with van der Waals surface area (Å²) in [6.45, 7) is 0.900. The molecule has 1 saturated heterocycles. The zero-order valence-corrected chi connectivity index (χ0v) is 11.2. The number of unbranched alkanes of at least 4 members (excludes halogenated alkanes) is 3. The molecule has 6 N–H and O–H groups in total. The van der Waals surface area contributed by atoms with Gasteiger partial charge in [-0.25, -0.2) is 4.79 Å². The molecule has 0 radical (unpaired) electrons.